The number of benzene rings is 1. The Kier molecular flexibility index (Phi) is 6.76. The third-order valence-corrected chi connectivity index (χ3v) is 4.64. The molecule has 25 heavy (non-hydrogen) atoms. The van der Waals surface area contributed by atoms with Crippen molar-refractivity contribution in [3.05, 3.63) is 57.7 Å². The second-order valence-corrected chi connectivity index (χ2v) is 6.25. The molecule has 1 atom stereocenters. The Morgan fingerprint density at radius 1 is 1.40 bits per heavy atom. The molecule has 1 aromatic carbocycles. The molecule has 5 nitrogen and oxygen atoms in total. The third kappa shape index (κ3) is 4.11. The van der Waals surface area contributed by atoms with Crippen LogP contribution in [0.25, 0.3) is 0 Å². The maximum atomic E-state index is 12.6. The summed E-state index contributed by atoms with van der Waals surface area (Å²) in [4.78, 5) is 26.4. The number of nitrogens with zero attached hydrogens (tertiary/aromatic N) is 1. The minimum Gasteiger partial charge on any atom is -0.463 e. The molecule has 1 heterocycles. The van der Waals surface area contributed by atoms with E-state index in [0.717, 1.165) is 0 Å². The monoisotopic (exact) mass is 402 g/mol. The van der Waals surface area contributed by atoms with Gasteiger partial charge in [0.05, 0.1) is 39.8 Å². The van der Waals surface area contributed by atoms with Crippen molar-refractivity contribution < 1.29 is 14.3 Å². The Morgan fingerprint density at radius 2 is 2.12 bits per heavy atom. The summed E-state index contributed by atoms with van der Waals surface area (Å²) < 4.78 is 5.16. The molecule has 8 heteroatoms. The van der Waals surface area contributed by atoms with Gasteiger partial charge >= 0.3 is 12.0 Å². The second-order valence-electron chi connectivity index (χ2n) is 5.17. The van der Waals surface area contributed by atoms with Gasteiger partial charge in [0.25, 0.3) is 0 Å². The van der Waals surface area contributed by atoms with Gasteiger partial charge in [-0.15, -0.1) is 18.2 Å². The maximum Gasteiger partial charge on any atom is 0.338 e. The van der Waals surface area contributed by atoms with Crippen molar-refractivity contribution in [1.29, 1.82) is 0 Å². The molecule has 0 spiro atoms. The molecule has 1 aromatic rings. The predicted molar refractivity (Wildman–Crippen MR) is 99.0 cm³/mol. The van der Waals surface area contributed by atoms with E-state index in [0.29, 0.717) is 21.3 Å². The van der Waals surface area contributed by atoms with Crippen molar-refractivity contribution in [3.8, 4) is 0 Å². The minimum absolute atomic E-state index is 0.0345. The summed E-state index contributed by atoms with van der Waals surface area (Å²) in [6.07, 6.45) is 1.55. The lowest BCUT2D eigenvalue weighted by Gasteiger charge is -2.35. The zero-order valence-corrected chi connectivity index (χ0v) is 15.8. The molecule has 1 aliphatic heterocycles. The first-order chi connectivity index (χ1) is 11.9. The molecule has 0 radical (unpaired) electrons. The number of hydrogen-bond acceptors (Lipinski definition) is 3. The fraction of sp³-hybridized carbons (Fsp3) is 0.294. The largest absolute Gasteiger partial charge is 0.463 e. The van der Waals surface area contributed by atoms with Crippen molar-refractivity contribution in [2.24, 2.45) is 0 Å². The molecule has 2 rings (SSSR count). The number of amides is 2. The molecular formula is C17H17Cl3N2O3. The summed E-state index contributed by atoms with van der Waals surface area (Å²) >= 11 is 18.1. The third-order valence-electron chi connectivity index (χ3n) is 3.65. The highest BCUT2D eigenvalue weighted by Crippen LogP contribution is 2.34. The van der Waals surface area contributed by atoms with Gasteiger partial charge in [0, 0.05) is 6.54 Å². The topological polar surface area (TPSA) is 58.6 Å². The van der Waals surface area contributed by atoms with E-state index < -0.39 is 12.0 Å². The molecule has 0 aliphatic carbocycles. The Bertz CT molecular complexity index is 734. The zero-order chi connectivity index (χ0) is 18.6. The van der Waals surface area contributed by atoms with E-state index in [4.69, 9.17) is 39.5 Å². The number of alkyl halides is 1. The first-order valence-corrected chi connectivity index (χ1v) is 8.83. The first-order valence-electron chi connectivity index (χ1n) is 7.54. The number of carbonyl (C=O) groups is 2. The van der Waals surface area contributed by atoms with E-state index in [9.17, 15) is 9.59 Å². The van der Waals surface area contributed by atoms with E-state index in [1.807, 2.05) is 0 Å². The van der Waals surface area contributed by atoms with Crippen LogP contribution in [0.2, 0.25) is 10.0 Å². The molecule has 2 amide bonds. The Balaban J connectivity index is 2.61. The number of carbonyl (C=O) groups excluding carboxylic acids is 2. The minimum atomic E-state index is -0.740. The van der Waals surface area contributed by atoms with E-state index in [1.165, 1.54) is 4.90 Å². The first kappa shape index (κ1) is 19.6. The molecule has 0 fully saturated rings. The predicted octanol–water partition coefficient (Wildman–Crippen LogP) is 4.30. The molecule has 1 aliphatic rings. The van der Waals surface area contributed by atoms with Gasteiger partial charge < -0.3 is 10.1 Å². The fourth-order valence-electron chi connectivity index (χ4n) is 2.56. The van der Waals surface area contributed by atoms with Gasteiger partial charge in [-0.1, -0.05) is 35.3 Å². The van der Waals surface area contributed by atoms with Crippen LogP contribution in [0.15, 0.2) is 42.1 Å². The number of allylic oxidation sites excluding steroid dienone is 1. The van der Waals surface area contributed by atoms with E-state index >= 15 is 0 Å². The number of urea groups is 1. The van der Waals surface area contributed by atoms with Crippen LogP contribution >= 0.6 is 34.8 Å². The lowest BCUT2D eigenvalue weighted by atomic mass is 9.95. The average Bonchev–Trinajstić information content (AvgIpc) is 2.58. The van der Waals surface area contributed by atoms with Crippen LogP contribution in [0.4, 0.5) is 4.79 Å². The second kappa shape index (κ2) is 8.61. The van der Waals surface area contributed by atoms with Gasteiger partial charge in [0.15, 0.2) is 0 Å². The van der Waals surface area contributed by atoms with Crippen LogP contribution in [-0.4, -0.2) is 35.9 Å². The summed E-state index contributed by atoms with van der Waals surface area (Å²) in [5.74, 6) is -0.587. The molecule has 0 saturated carbocycles. The molecule has 0 aromatic heterocycles. The normalized spacial score (nSPS) is 17.4. The molecular weight excluding hydrogens is 387 g/mol. The summed E-state index contributed by atoms with van der Waals surface area (Å²) in [5.41, 5.74) is 1.24. The fourth-order valence-corrected chi connectivity index (χ4v) is 3.16. The average molecular weight is 404 g/mol. The van der Waals surface area contributed by atoms with E-state index in [2.05, 4.69) is 11.9 Å². The quantitative estimate of drug-likeness (QED) is 0.437. The lowest BCUT2D eigenvalue weighted by Crippen LogP contribution is -2.49. The number of nitrogens with one attached hydrogen (secondary N) is 1. The summed E-state index contributed by atoms with van der Waals surface area (Å²) in [6.45, 7) is 5.74. The van der Waals surface area contributed by atoms with Crippen LogP contribution in [0.5, 0.6) is 0 Å². The maximum absolute atomic E-state index is 12.6. The zero-order valence-electron chi connectivity index (χ0n) is 13.5. The summed E-state index contributed by atoms with van der Waals surface area (Å²) in [5, 5.41) is 3.48. The van der Waals surface area contributed by atoms with Gasteiger partial charge in [-0.05, 0) is 24.6 Å². The number of hydrogen-bond donors (Lipinski definition) is 1. The highest BCUT2D eigenvalue weighted by atomic mass is 35.5. The molecule has 0 bridgehead atoms. The Labute approximate surface area is 161 Å². The number of ether oxygens (including phenoxy) is 1. The number of rotatable bonds is 6. The number of halogens is 3. The van der Waals surface area contributed by atoms with Gasteiger partial charge in [-0.2, -0.15) is 0 Å². The highest BCUT2D eigenvalue weighted by Gasteiger charge is 2.37. The van der Waals surface area contributed by atoms with Gasteiger partial charge in [0.2, 0.25) is 0 Å². The van der Waals surface area contributed by atoms with E-state index in [1.54, 1.807) is 31.2 Å². The summed E-state index contributed by atoms with van der Waals surface area (Å²) in [6, 6.07) is 3.76. The van der Waals surface area contributed by atoms with Crippen LogP contribution in [0.1, 0.15) is 18.5 Å². The van der Waals surface area contributed by atoms with Crippen LogP contribution in [-0.2, 0) is 9.53 Å². The van der Waals surface area contributed by atoms with Crippen molar-refractivity contribution in [2.45, 2.75) is 13.0 Å². The molecule has 1 N–H and O–H groups in total. The van der Waals surface area contributed by atoms with Crippen molar-refractivity contribution in [2.75, 3.05) is 19.0 Å². The van der Waals surface area contributed by atoms with Crippen molar-refractivity contribution in [1.82, 2.24) is 10.2 Å². The lowest BCUT2D eigenvalue weighted by molar-refractivity contribution is -0.139. The van der Waals surface area contributed by atoms with E-state index in [-0.39, 0.29) is 30.6 Å². The summed E-state index contributed by atoms with van der Waals surface area (Å²) in [7, 11) is 0. The smallest absolute Gasteiger partial charge is 0.338 e. The van der Waals surface area contributed by atoms with Gasteiger partial charge in [-0.3, -0.25) is 4.90 Å². The number of esters is 1. The van der Waals surface area contributed by atoms with Crippen LogP contribution in [0.3, 0.4) is 0 Å². The van der Waals surface area contributed by atoms with Crippen LogP contribution in [0, 0.1) is 0 Å². The molecule has 134 valence electrons. The van der Waals surface area contributed by atoms with Gasteiger partial charge in [-0.25, -0.2) is 9.59 Å². The van der Waals surface area contributed by atoms with Crippen molar-refractivity contribution in [3.63, 3.8) is 0 Å². The molecule has 0 saturated heterocycles. The highest BCUT2D eigenvalue weighted by molar-refractivity contribution is 6.42. The Hall–Kier alpha value is -1.69. The van der Waals surface area contributed by atoms with Crippen LogP contribution < -0.4 is 5.32 Å². The Morgan fingerprint density at radius 3 is 2.68 bits per heavy atom. The standard InChI is InChI=1S/C17H17Cl3N2O3/c1-3-7-22-13(9-18)14(16(23)25-4-2)15(21-17(22)24)10-5-6-11(19)12(20)8-10/h3,5-6,8,15H,1,4,7,9H2,2H3,(H,21,24). The SMILES string of the molecule is C=CCN1C(=O)NC(c2ccc(Cl)c(Cl)c2)C(C(=O)OCC)=C1CCl. The van der Waals surface area contributed by atoms with Crippen molar-refractivity contribution >= 4 is 46.8 Å². The molecule has 1 unspecified atom stereocenters. The van der Waals surface area contributed by atoms with Gasteiger partial charge in [0.1, 0.15) is 0 Å².